The molecule has 0 radical (unpaired) electrons. The van der Waals surface area contributed by atoms with E-state index in [-0.39, 0.29) is 5.88 Å². The zero-order chi connectivity index (χ0) is 13.0. The van der Waals surface area contributed by atoms with E-state index >= 15 is 0 Å². The van der Waals surface area contributed by atoms with Gasteiger partial charge in [0.1, 0.15) is 4.92 Å². The summed E-state index contributed by atoms with van der Waals surface area (Å²) in [5.74, 6) is 0.311. The van der Waals surface area contributed by atoms with E-state index in [1.807, 2.05) is 0 Å². The molecule has 2 rings (SSSR count). The lowest BCUT2D eigenvalue weighted by Gasteiger charge is -2.05. The van der Waals surface area contributed by atoms with Crippen molar-refractivity contribution in [1.82, 2.24) is 0 Å². The second-order valence-electron chi connectivity index (χ2n) is 4.07. The minimum absolute atomic E-state index is 0.255. The number of hydrogen-bond acceptors (Lipinski definition) is 4. The molecular weight excluding hydrogens is 234 g/mol. The van der Waals surface area contributed by atoms with Gasteiger partial charge >= 0.3 is 5.88 Å². The average Bonchev–Trinajstić information content (AvgIpc) is 2.79. The average molecular weight is 249 g/mol. The summed E-state index contributed by atoms with van der Waals surface area (Å²) >= 11 is 0. The molecule has 0 aliphatic heterocycles. The SMILES string of the molecule is CCCCCOc1cccc2cc([N+](=O)[O-])oc12. The van der Waals surface area contributed by atoms with Crippen molar-refractivity contribution in [3.8, 4) is 5.75 Å². The van der Waals surface area contributed by atoms with Crippen LogP contribution in [0, 0.1) is 10.1 Å². The Labute approximate surface area is 104 Å². The summed E-state index contributed by atoms with van der Waals surface area (Å²) in [5, 5.41) is 11.3. The molecule has 0 amide bonds. The van der Waals surface area contributed by atoms with Crippen LogP contribution in [0.1, 0.15) is 26.2 Å². The van der Waals surface area contributed by atoms with Gasteiger partial charge < -0.3 is 9.15 Å². The Bertz CT molecular complexity index is 547. The molecular formula is C13H15NO4. The zero-order valence-electron chi connectivity index (χ0n) is 10.2. The number of benzene rings is 1. The summed E-state index contributed by atoms with van der Waals surface area (Å²) in [4.78, 5) is 10.1. The van der Waals surface area contributed by atoms with Crippen molar-refractivity contribution in [1.29, 1.82) is 0 Å². The maximum Gasteiger partial charge on any atom is 0.434 e. The minimum Gasteiger partial charge on any atom is -0.490 e. The van der Waals surface area contributed by atoms with Crippen molar-refractivity contribution in [3.05, 3.63) is 34.4 Å². The van der Waals surface area contributed by atoms with E-state index in [1.165, 1.54) is 6.07 Å². The fraction of sp³-hybridized carbons (Fsp3) is 0.385. The van der Waals surface area contributed by atoms with Gasteiger partial charge in [-0.1, -0.05) is 31.9 Å². The van der Waals surface area contributed by atoms with Gasteiger partial charge in [-0.15, -0.1) is 0 Å². The fourth-order valence-electron chi connectivity index (χ4n) is 1.76. The predicted molar refractivity (Wildman–Crippen MR) is 67.9 cm³/mol. The van der Waals surface area contributed by atoms with Gasteiger partial charge in [-0.2, -0.15) is 0 Å². The maximum absolute atomic E-state index is 10.7. The van der Waals surface area contributed by atoms with Crippen molar-refractivity contribution in [2.75, 3.05) is 6.61 Å². The van der Waals surface area contributed by atoms with Gasteiger partial charge in [-0.05, 0) is 12.5 Å². The van der Waals surface area contributed by atoms with E-state index in [1.54, 1.807) is 18.2 Å². The van der Waals surface area contributed by atoms with Crippen molar-refractivity contribution in [2.45, 2.75) is 26.2 Å². The second kappa shape index (κ2) is 5.53. The lowest BCUT2D eigenvalue weighted by molar-refractivity contribution is -0.401. The Morgan fingerprint density at radius 1 is 1.39 bits per heavy atom. The molecule has 18 heavy (non-hydrogen) atoms. The molecule has 2 aromatic rings. The fourth-order valence-corrected chi connectivity index (χ4v) is 1.76. The molecule has 0 saturated heterocycles. The largest absolute Gasteiger partial charge is 0.490 e. The lowest BCUT2D eigenvalue weighted by atomic mass is 10.2. The van der Waals surface area contributed by atoms with Crippen LogP contribution in [-0.4, -0.2) is 11.5 Å². The van der Waals surface area contributed by atoms with Crippen molar-refractivity contribution < 1.29 is 14.1 Å². The number of furan rings is 1. The van der Waals surface area contributed by atoms with Crippen LogP contribution in [0.25, 0.3) is 11.0 Å². The number of ether oxygens (including phenoxy) is 1. The number of fused-ring (bicyclic) bond motifs is 1. The Morgan fingerprint density at radius 2 is 2.22 bits per heavy atom. The third kappa shape index (κ3) is 2.61. The van der Waals surface area contributed by atoms with Crippen LogP contribution >= 0.6 is 0 Å². The van der Waals surface area contributed by atoms with Gasteiger partial charge in [0, 0.05) is 5.39 Å². The van der Waals surface area contributed by atoms with Crippen molar-refractivity contribution in [2.24, 2.45) is 0 Å². The van der Waals surface area contributed by atoms with E-state index in [0.717, 1.165) is 19.3 Å². The van der Waals surface area contributed by atoms with Crippen LogP contribution < -0.4 is 4.74 Å². The van der Waals surface area contributed by atoms with Crippen LogP contribution in [0.4, 0.5) is 5.88 Å². The lowest BCUT2D eigenvalue weighted by Crippen LogP contribution is -1.96. The summed E-state index contributed by atoms with van der Waals surface area (Å²) in [7, 11) is 0. The molecule has 0 N–H and O–H groups in total. The van der Waals surface area contributed by atoms with E-state index in [2.05, 4.69) is 6.92 Å². The molecule has 5 heteroatoms. The molecule has 0 saturated carbocycles. The number of para-hydroxylation sites is 1. The van der Waals surface area contributed by atoms with Crippen LogP contribution in [-0.2, 0) is 0 Å². The summed E-state index contributed by atoms with van der Waals surface area (Å²) < 4.78 is 10.8. The Kier molecular flexibility index (Phi) is 3.82. The molecule has 0 aliphatic rings. The third-order valence-corrected chi connectivity index (χ3v) is 2.68. The molecule has 0 bridgehead atoms. The molecule has 96 valence electrons. The molecule has 0 fully saturated rings. The Hall–Kier alpha value is -2.04. The number of nitro groups is 1. The third-order valence-electron chi connectivity index (χ3n) is 2.68. The highest BCUT2D eigenvalue weighted by atomic mass is 16.6. The van der Waals surface area contributed by atoms with Gasteiger partial charge in [-0.3, -0.25) is 10.1 Å². The maximum atomic E-state index is 10.7. The van der Waals surface area contributed by atoms with Crippen LogP contribution in [0.2, 0.25) is 0 Å². The molecule has 0 aliphatic carbocycles. The highest BCUT2D eigenvalue weighted by Crippen LogP contribution is 2.31. The first-order valence-electron chi connectivity index (χ1n) is 6.02. The summed E-state index contributed by atoms with van der Waals surface area (Å²) in [6.07, 6.45) is 3.20. The van der Waals surface area contributed by atoms with E-state index in [4.69, 9.17) is 9.15 Å². The number of hydrogen-bond donors (Lipinski definition) is 0. The molecule has 0 spiro atoms. The van der Waals surface area contributed by atoms with Gasteiger partial charge in [-0.25, -0.2) is 0 Å². The molecule has 1 aromatic heterocycles. The van der Waals surface area contributed by atoms with Crippen LogP contribution in [0.15, 0.2) is 28.7 Å². The summed E-state index contributed by atoms with van der Waals surface area (Å²) in [6, 6.07) is 6.75. The summed E-state index contributed by atoms with van der Waals surface area (Å²) in [5.41, 5.74) is 0.445. The molecule has 1 aromatic carbocycles. The first kappa shape index (κ1) is 12.4. The van der Waals surface area contributed by atoms with Gasteiger partial charge in [0.15, 0.2) is 11.3 Å². The van der Waals surface area contributed by atoms with Gasteiger partial charge in [0.05, 0.1) is 12.7 Å². The van der Waals surface area contributed by atoms with Crippen molar-refractivity contribution in [3.63, 3.8) is 0 Å². The summed E-state index contributed by atoms with van der Waals surface area (Å²) in [6.45, 7) is 2.72. The number of unbranched alkanes of at least 4 members (excludes halogenated alkanes) is 2. The first-order chi connectivity index (χ1) is 8.72. The van der Waals surface area contributed by atoms with Crippen LogP contribution in [0.5, 0.6) is 5.75 Å². The second-order valence-corrected chi connectivity index (χ2v) is 4.07. The van der Waals surface area contributed by atoms with Gasteiger partial charge in [0.25, 0.3) is 0 Å². The standard InChI is InChI=1S/C13H15NO4/c1-2-3-4-8-17-11-7-5-6-10-9-12(14(15)16)18-13(10)11/h5-7,9H,2-4,8H2,1H3. The molecule has 0 atom stereocenters. The highest BCUT2D eigenvalue weighted by Gasteiger charge is 2.16. The van der Waals surface area contributed by atoms with E-state index < -0.39 is 4.92 Å². The molecule has 5 nitrogen and oxygen atoms in total. The first-order valence-corrected chi connectivity index (χ1v) is 6.02. The number of rotatable bonds is 6. The smallest absolute Gasteiger partial charge is 0.434 e. The van der Waals surface area contributed by atoms with E-state index in [9.17, 15) is 10.1 Å². The van der Waals surface area contributed by atoms with Crippen molar-refractivity contribution >= 4 is 16.9 Å². The topological polar surface area (TPSA) is 65.5 Å². The highest BCUT2D eigenvalue weighted by molar-refractivity contribution is 5.85. The van der Waals surface area contributed by atoms with Gasteiger partial charge in [0.2, 0.25) is 0 Å². The Balaban J connectivity index is 2.19. The van der Waals surface area contributed by atoms with E-state index in [0.29, 0.717) is 23.3 Å². The monoisotopic (exact) mass is 249 g/mol. The quantitative estimate of drug-likeness (QED) is 0.442. The predicted octanol–water partition coefficient (Wildman–Crippen LogP) is 3.91. The molecule has 0 unspecified atom stereocenters. The molecule has 1 heterocycles. The minimum atomic E-state index is -0.541. The Morgan fingerprint density at radius 3 is 2.94 bits per heavy atom. The zero-order valence-corrected chi connectivity index (χ0v) is 10.2. The number of nitrogens with zero attached hydrogens (tertiary/aromatic N) is 1. The normalized spacial score (nSPS) is 10.7. The van der Waals surface area contributed by atoms with Crippen LogP contribution in [0.3, 0.4) is 0 Å².